The summed E-state index contributed by atoms with van der Waals surface area (Å²) in [5.74, 6) is -1.70. The van der Waals surface area contributed by atoms with E-state index in [0.717, 1.165) is 0 Å². The van der Waals surface area contributed by atoms with E-state index in [0.29, 0.717) is 11.1 Å². The zero-order valence-corrected chi connectivity index (χ0v) is 20.7. The van der Waals surface area contributed by atoms with Gasteiger partial charge in [-0.3, -0.25) is 14.4 Å². The number of amides is 2. The van der Waals surface area contributed by atoms with Gasteiger partial charge in [0, 0.05) is 13.5 Å². The van der Waals surface area contributed by atoms with Crippen molar-refractivity contribution in [2.24, 2.45) is 0 Å². The third-order valence-electron chi connectivity index (χ3n) is 6.10. The number of likely N-dealkylation sites (tertiary alicyclic amines) is 1. The molecule has 1 saturated heterocycles. The number of aromatic nitrogens is 1. The predicted octanol–water partition coefficient (Wildman–Crippen LogP) is 3.02. The third-order valence-corrected chi connectivity index (χ3v) is 8.73. The molecule has 11 heteroatoms. The number of nitrogens with one attached hydrogen (secondary N) is 1. The number of Topliss-reactive ketones (excluding diaryl/α,β-unsaturated/α-hetero) is 1. The molecule has 1 unspecified atom stereocenters. The van der Waals surface area contributed by atoms with Crippen LogP contribution in [0.3, 0.4) is 0 Å². The van der Waals surface area contributed by atoms with Gasteiger partial charge in [0.15, 0.2) is 15.4 Å². The van der Waals surface area contributed by atoms with Gasteiger partial charge in [-0.2, -0.15) is 0 Å². The number of benzene rings is 2. The van der Waals surface area contributed by atoms with Crippen LogP contribution in [0.1, 0.15) is 37.4 Å². The molecular formula is C24H24ClN3O6S. The summed E-state index contributed by atoms with van der Waals surface area (Å²) in [6, 6.07) is 10.9. The quantitative estimate of drug-likeness (QED) is 0.477. The van der Waals surface area contributed by atoms with Crippen LogP contribution in [0.2, 0.25) is 5.02 Å². The van der Waals surface area contributed by atoms with E-state index in [4.69, 9.17) is 16.0 Å². The van der Waals surface area contributed by atoms with Crippen molar-refractivity contribution in [2.75, 3.05) is 6.54 Å². The fourth-order valence-electron chi connectivity index (χ4n) is 4.22. The maximum absolute atomic E-state index is 13.2. The van der Waals surface area contributed by atoms with Gasteiger partial charge >= 0.3 is 0 Å². The molecule has 1 aromatic heterocycles. The molecule has 1 aliphatic rings. The number of hydrogen-bond acceptors (Lipinski definition) is 7. The molecule has 0 spiro atoms. The van der Waals surface area contributed by atoms with Crippen LogP contribution >= 0.6 is 11.6 Å². The van der Waals surface area contributed by atoms with Crippen LogP contribution < -0.4 is 5.32 Å². The van der Waals surface area contributed by atoms with Crippen molar-refractivity contribution < 1.29 is 27.2 Å². The molecule has 0 aliphatic carbocycles. The normalized spacial score (nSPS) is 19.0. The SMILES string of the molecule is CCC(NC(=O)[C@@H]1C[C@@H](S(=O)(=O)c2ccccc2Cl)CN1C(C)=O)C(=O)c1nc2ccccc2o1. The summed E-state index contributed by atoms with van der Waals surface area (Å²) in [6.07, 6.45) is 0.129. The summed E-state index contributed by atoms with van der Waals surface area (Å²) >= 11 is 6.10. The lowest BCUT2D eigenvalue weighted by Gasteiger charge is -2.24. The lowest BCUT2D eigenvalue weighted by atomic mass is 10.1. The first-order chi connectivity index (χ1) is 16.6. The number of fused-ring (bicyclic) bond motifs is 1. The van der Waals surface area contributed by atoms with E-state index in [2.05, 4.69) is 10.3 Å². The number of carbonyl (C=O) groups is 3. The second-order valence-corrected chi connectivity index (χ2v) is 10.9. The summed E-state index contributed by atoms with van der Waals surface area (Å²) < 4.78 is 32.0. The van der Waals surface area contributed by atoms with E-state index in [9.17, 15) is 22.8 Å². The summed E-state index contributed by atoms with van der Waals surface area (Å²) in [7, 11) is -3.91. The van der Waals surface area contributed by atoms with Crippen LogP contribution in [-0.4, -0.2) is 59.8 Å². The first kappa shape index (κ1) is 24.9. The first-order valence-electron chi connectivity index (χ1n) is 11.1. The number of nitrogens with zero attached hydrogens (tertiary/aromatic N) is 2. The van der Waals surface area contributed by atoms with Gasteiger partial charge in [-0.15, -0.1) is 0 Å². The summed E-state index contributed by atoms with van der Waals surface area (Å²) in [6.45, 7) is 2.83. The van der Waals surface area contributed by atoms with Gasteiger partial charge in [0.25, 0.3) is 5.89 Å². The minimum atomic E-state index is -3.91. The van der Waals surface area contributed by atoms with Gasteiger partial charge in [0.2, 0.25) is 17.6 Å². The van der Waals surface area contributed by atoms with E-state index in [1.165, 1.54) is 24.0 Å². The molecule has 0 saturated carbocycles. The number of oxazole rings is 1. The molecular weight excluding hydrogens is 494 g/mol. The van der Waals surface area contributed by atoms with Crippen LogP contribution in [0.4, 0.5) is 0 Å². The molecule has 2 heterocycles. The summed E-state index contributed by atoms with van der Waals surface area (Å²) in [4.78, 5) is 43.8. The number of para-hydroxylation sites is 2. The van der Waals surface area contributed by atoms with Crippen LogP contribution in [0.15, 0.2) is 57.8 Å². The Labute approximate surface area is 207 Å². The Bertz CT molecular complexity index is 1370. The Morgan fingerprint density at radius 3 is 2.51 bits per heavy atom. The highest BCUT2D eigenvalue weighted by Crippen LogP contribution is 2.32. The van der Waals surface area contributed by atoms with Crippen molar-refractivity contribution in [3.63, 3.8) is 0 Å². The zero-order valence-electron chi connectivity index (χ0n) is 19.1. The molecule has 9 nitrogen and oxygen atoms in total. The van der Waals surface area contributed by atoms with E-state index in [-0.39, 0.29) is 35.2 Å². The molecule has 1 aliphatic heterocycles. The number of halogens is 1. The zero-order chi connectivity index (χ0) is 25.3. The topological polar surface area (TPSA) is 127 Å². The summed E-state index contributed by atoms with van der Waals surface area (Å²) in [5, 5.41) is 1.71. The molecule has 1 N–H and O–H groups in total. The van der Waals surface area contributed by atoms with Gasteiger partial charge < -0.3 is 14.6 Å². The monoisotopic (exact) mass is 517 g/mol. The van der Waals surface area contributed by atoms with Gasteiger partial charge in [0.05, 0.1) is 21.2 Å². The van der Waals surface area contributed by atoms with Gasteiger partial charge in [-0.25, -0.2) is 13.4 Å². The molecule has 2 aromatic carbocycles. The van der Waals surface area contributed by atoms with Crippen LogP contribution in [0, 0.1) is 0 Å². The average Bonchev–Trinajstić information content (AvgIpc) is 3.47. The van der Waals surface area contributed by atoms with E-state index >= 15 is 0 Å². The number of carbonyl (C=O) groups excluding carboxylic acids is 3. The van der Waals surface area contributed by atoms with Crippen molar-refractivity contribution >= 4 is 50.1 Å². The Morgan fingerprint density at radius 2 is 1.86 bits per heavy atom. The van der Waals surface area contributed by atoms with Crippen molar-refractivity contribution in [3.8, 4) is 0 Å². The molecule has 0 radical (unpaired) electrons. The average molecular weight is 518 g/mol. The number of hydrogen-bond donors (Lipinski definition) is 1. The standard InChI is InChI=1S/C24H24ClN3O6S/c1-3-17(22(30)24-27-18-9-5-6-10-20(18)34-24)26-23(31)19-12-15(13-28(19)14(2)29)35(32,33)21-11-7-4-8-16(21)25/h4-11,15,17,19H,3,12-13H2,1-2H3,(H,26,31)/t15-,17?,19+/m1/s1. The van der Waals surface area contributed by atoms with Gasteiger partial charge in [-0.1, -0.05) is 42.8 Å². The predicted molar refractivity (Wildman–Crippen MR) is 129 cm³/mol. The fraction of sp³-hybridized carbons (Fsp3) is 0.333. The molecule has 35 heavy (non-hydrogen) atoms. The third kappa shape index (κ3) is 4.81. The van der Waals surface area contributed by atoms with E-state index in [1.54, 1.807) is 43.3 Å². The second kappa shape index (κ2) is 9.79. The Balaban J connectivity index is 1.54. The van der Waals surface area contributed by atoms with Crippen LogP contribution in [0.25, 0.3) is 11.1 Å². The first-order valence-corrected chi connectivity index (χ1v) is 13.0. The smallest absolute Gasteiger partial charge is 0.266 e. The van der Waals surface area contributed by atoms with Crippen LogP contribution in [-0.2, 0) is 19.4 Å². The highest BCUT2D eigenvalue weighted by molar-refractivity contribution is 7.92. The lowest BCUT2D eigenvalue weighted by molar-refractivity contribution is -0.137. The Kier molecular flexibility index (Phi) is 6.95. The molecule has 3 atom stereocenters. The molecule has 0 bridgehead atoms. The maximum atomic E-state index is 13.2. The number of rotatable bonds is 7. The second-order valence-electron chi connectivity index (χ2n) is 8.34. The minimum absolute atomic E-state index is 0.0474. The highest BCUT2D eigenvalue weighted by atomic mass is 35.5. The van der Waals surface area contributed by atoms with Gasteiger partial charge in [-0.05, 0) is 37.1 Å². The maximum Gasteiger partial charge on any atom is 0.266 e. The van der Waals surface area contributed by atoms with Crippen LogP contribution in [0.5, 0.6) is 0 Å². The molecule has 1 fully saturated rings. The number of sulfone groups is 1. The lowest BCUT2D eigenvalue weighted by Crippen LogP contribution is -2.50. The molecule has 184 valence electrons. The van der Waals surface area contributed by atoms with Crippen molar-refractivity contribution in [1.82, 2.24) is 15.2 Å². The fourth-order valence-corrected chi connectivity index (χ4v) is 6.44. The van der Waals surface area contributed by atoms with Crippen molar-refractivity contribution in [2.45, 2.75) is 48.9 Å². The molecule has 4 rings (SSSR count). The molecule has 2 amide bonds. The minimum Gasteiger partial charge on any atom is -0.434 e. The summed E-state index contributed by atoms with van der Waals surface area (Å²) in [5.41, 5.74) is 0.964. The Hall–Kier alpha value is -3.24. The highest BCUT2D eigenvalue weighted by Gasteiger charge is 2.45. The van der Waals surface area contributed by atoms with E-state index < -0.39 is 44.8 Å². The number of ketones is 1. The largest absolute Gasteiger partial charge is 0.434 e. The van der Waals surface area contributed by atoms with Crippen molar-refractivity contribution in [3.05, 3.63) is 59.4 Å². The van der Waals surface area contributed by atoms with E-state index in [1.807, 2.05) is 0 Å². The Morgan fingerprint density at radius 1 is 1.17 bits per heavy atom. The van der Waals surface area contributed by atoms with Crippen molar-refractivity contribution in [1.29, 1.82) is 0 Å². The van der Waals surface area contributed by atoms with Gasteiger partial charge in [0.1, 0.15) is 11.6 Å². The molecule has 3 aromatic rings.